The Morgan fingerprint density at radius 2 is 1.85 bits per heavy atom. The molecule has 0 aliphatic carbocycles. The van der Waals surface area contributed by atoms with E-state index >= 15 is 0 Å². The van der Waals surface area contributed by atoms with Crippen molar-refractivity contribution < 1.29 is 0 Å². The molecule has 0 amide bonds. The average Bonchev–Trinajstić information content (AvgIpc) is 3.00. The number of aromatic nitrogens is 5. The van der Waals surface area contributed by atoms with E-state index in [4.69, 9.17) is 0 Å². The smallest absolute Gasteiger partial charge is 0.250 e. The van der Waals surface area contributed by atoms with E-state index in [1.165, 1.54) is 0 Å². The topological polar surface area (TPSA) is 56.5 Å². The van der Waals surface area contributed by atoms with Crippen molar-refractivity contribution in [1.82, 2.24) is 24.7 Å². The number of rotatable bonds is 2. The summed E-state index contributed by atoms with van der Waals surface area (Å²) in [5.41, 5.74) is 2.93. The van der Waals surface area contributed by atoms with Gasteiger partial charge in [0, 0.05) is 41.6 Å². The van der Waals surface area contributed by atoms with Gasteiger partial charge in [-0.05, 0) is 19.1 Å². The highest BCUT2D eigenvalue weighted by molar-refractivity contribution is 5.60. The zero-order valence-corrected chi connectivity index (χ0v) is 11.9. The van der Waals surface area contributed by atoms with Crippen molar-refractivity contribution in [2.24, 2.45) is 0 Å². The van der Waals surface area contributed by atoms with E-state index in [1.807, 2.05) is 45.2 Å². The molecule has 0 bridgehead atoms. The summed E-state index contributed by atoms with van der Waals surface area (Å²) in [7, 11) is 0. The summed E-state index contributed by atoms with van der Waals surface area (Å²) in [6.45, 7) is 5.93. The van der Waals surface area contributed by atoms with E-state index in [2.05, 4.69) is 20.1 Å². The highest BCUT2D eigenvalue weighted by Gasteiger charge is 2.05. The Labute approximate surface area is 118 Å². The summed E-state index contributed by atoms with van der Waals surface area (Å²) in [6.07, 6.45) is 8.95. The molecule has 0 saturated heterocycles. The van der Waals surface area contributed by atoms with Crippen LogP contribution >= 0.6 is 0 Å². The van der Waals surface area contributed by atoms with Crippen LogP contribution in [0.3, 0.4) is 0 Å². The van der Waals surface area contributed by atoms with Crippen molar-refractivity contribution in [3.63, 3.8) is 0 Å². The molecule has 0 saturated carbocycles. The Bertz CT molecular complexity index is 661. The molecule has 0 radical (unpaired) electrons. The van der Waals surface area contributed by atoms with E-state index in [-0.39, 0.29) is 0 Å². The predicted molar refractivity (Wildman–Crippen MR) is 78.5 cm³/mol. The normalized spacial score (nSPS) is 9.75. The standard InChI is InChI=1S/C13H11N5.C2H6/c1-10-4-6-15-13(17-10)18-9-12(8-16-18)11-3-2-5-14-7-11;1-2/h2-9H,1H3;1-2H3. The molecule has 3 aromatic rings. The molecule has 0 N–H and O–H groups in total. The third kappa shape index (κ3) is 3.06. The Balaban J connectivity index is 0.000000704. The van der Waals surface area contributed by atoms with Crippen LogP contribution < -0.4 is 0 Å². The molecule has 0 aromatic carbocycles. The second kappa shape index (κ2) is 6.56. The highest BCUT2D eigenvalue weighted by Crippen LogP contribution is 2.17. The minimum absolute atomic E-state index is 0.574. The Kier molecular flexibility index (Phi) is 4.55. The van der Waals surface area contributed by atoms with Crippen molar-refractivity contribution in [3.05, 3.63) is 54.9 Å². The fourth-order valence-electron chi connectivity index (χ4n) is 1.66. The van der Waals surface area contributed by atoms with E-state index in [0.29, 0.717) is 5.95 Å². The fourth-order valence-corrected chi connectivity index (χ4v) is 1.66. The molecule has 102 valence electrons. The van der Waals surface area contributed by atoms with Gasteiger partial charge in [0.2, 0.25) is 0 Å². The first kappa shape index (κ1) is 13.9. The maximum Gasteiger partial charge on any atom is 0.250 e. The first-order chi connectivity index (χ1) is 9.83. The molecule has 5 heteroatoms. The minimum Gasteiger partial charge on any atom is -0.264 e. The van der Waals surface area contributed by atoms with Crippen LogP contribution in [0.2, 0.25) is 0 Å². The van der Waals surface area contributed by atoms with E-state index in [0.717, 1.165) is 16.8 Å². The number of hydrogen-bond acceptors (Lipinski definition) is 4. The van der Waals surface area contributed by atoms with Crippen molar-refractivity contribution in [3.8, 4) is 17.1 Å². The molecule has 0 unspecified atom stereocenters. The van der Waals surface area contributed by atoms with Gasteiger partial charge in [-0.3, -0.25) is 4.98 Å². The summed E-state index contributed by atoms with van der Waals surface area (Å²) in [5, 5.41) is 4.27. The molecular formula is C15H17N5. The summed E-state index contributed by atoms with van der Waals surface area (Å²) in [5.74, 6) is 0.574. The van der Waals surface area contributed by atoms with Crippen LogP contribution in [0, 0.1) is 6.92 Å². The van der Waals surface area contributed by atoms with Crippen LogP contribution in [0.4, 0.5) is 0 Å². The van der Waals surface area contributed by atoms with Gasteiger partial charge in [0.05, 0.1) is 6.20 Å². The van der Waals surface area contributed by atoms with Crippen molar-refractivity contribution in [1.29, 1.82) is 0 Å². The van der Waals surface area contributed by atoms with Crippen molar-refractivity contribution in [2.75, 3.05) is 0 Å². The van der Waals surface area contributed by atoms with Gasteiger partial charge in [0.15, 0.2) is 0 Å². The van der Waals surface area contributed by atoms with E-state index < -0.39 is 0 Å². The van der Waals surface area contributed by atoms with Crippen LogP contribution in [0.25, 0.3) is 17.1 Å². The Morgan fingerprint density at radius 1 is 1.00 bits per heavy atom. The van der Waals surface area contributed by atoms with E-state index in [9.17, 15) is 0 Å². The van der Waals surface area contributed by atoms with Gasteiger partial charge in [0.25, 0.3) is 5.95 Å². The lowest BCUT2D eigenvalue weighted by Crippen LogP contribution is -2.01. The number of pyridine rings is 1. The molecular weight excluding hydrogens is 250 g/mol. The lowest BCUT2D eigenvalue weighted by Gasteiger charge is -1.99. The number of hydrogen-bond donors (Lipinski definition) is 0. The lowest BCUT2D eigenvalue weighted by atomic mass is 10.2. The van der Waals surface area contributed by atoms with Crippen LogP contribution in [0.5, 0.6) is 0 Å². The van der Waals surface area contributed by atoms with Crippen LogP contribution in [-0.2, 0) is 0 Å². The average molecular weight is 267 g/mol. The third-order valence-corrected chi connectivity index (χ3v) is 2.56. The summed E-state index contributed by atoms with van der Waals surface area (Å²) in [4.78, 5) is 12.6. The highest BCUT2D eigenvalue weighted by atomic mass is 15.3. The van der Waals surface area contributed by atoms with Gasteiger partial charge < -0.3 is 0 Å². The molecule has 3 aromatic heterocycles. The molecule has 0 spiro atoms. The zero-order chi connectivity index (χ0) is 14.4. The van der Waals surface area contributed by atoms with Gasteiger partial charge in [-0.1, -0.05) is 19.9 Å². The first-order valence-corrected chi connectivity index (χ1v) is 6.58. The summed E-state index contributed by atoms with van der Waals surface area (Å²) in [6, 6.07) is 5.75. The maximum atomic E-state index is 4.32. The quantitative estimate of drug-likeness (QED) is 0.716. The molecule has 20 heavy (non-hydrogen) atoms. The lowest BCUT2D eigenvalue weighted by molar-refractivity contribution is 0.801. The molecule has 0 atom stereocenters. The number of aryl methyl sites for hydroxylation is 1. The van der Waals surface area contributed by atoms with E-state index in [1.54, 1.807) is 29.5 Å². The molecule has 0 aliphatic rings. The van der Waals surface area contributed by atoms with Gasteiger partial charge >= 0.3 is 0 Å². The fraction of sp³-hybridized carbons (Fsp3) is 0.200. The number of nitrogens with zero attached hydrogens (tertiary/aromatic N) is 5. The third-order valence-electron chi connectivity index (χ3n) is 2.56. The predicted octanol–water partition coefficient (Wildman–Crippen LogP) is 3.06. The molecule has 5 nitrogen and oxygen atoms in total. The van der Waals surface area contributed by atoms with Crippen LogP contribution in [0.15, 0.2) is 49.2 Å². The molecule has 0 fully saturated rings. The Morgan fingerprint density at radius 3 is 2.55 bits per heavy atom. The second-order valence-corrected chi connectivity index (χ2v) is 3.91. The SMILES string of the molecule is CC.Cc1ccnc(-n2cc(-c3cccnc3)cn2)n1. The first-order valence-electron chi connectivity index (χ1n) is 6.58. The summed E-state index contributed by atoms with van der Waals surface area (Å²) < 4.78 is 1.66. The van der Waals surface area contributed by atoms with Gasteiger partial charge in [-0.15, -0.1) is 0 Å². The van der Waals surface area contributed by atoms with Crippen LogP contribution in [0.1, 0.15) is 19.5 Å². The molecule has 3 heterocycles. The van der Waals surface area contributed by atoms with Gasteiger partial charge in [-0.25, -0.2) is 14.6 Å². The zero-order valence-electron chi connectivity index (χ0n) is 11.9. The van der Waals surface area contributed by atoms with Crippen molar-refractivity contribution >= 4 is 0 Å². The molecule has 0 aliphatic heterocycles. The second-order valence-electron chi connectivity index (χ2n) is 3.91. The maximum absolute atomic E-state index is 4.32. The molecule has 3 rings (SSSR count). The minimum atomic E-state index is 0.574. The van der Waals surface area contributed by atoms with Crippen LogP contribution in [-0.4, -0.2) is 24.7 Å². The Hall–Kier alpha value is -2.56. The van der Waals surface area contributed by atoms with Crippen molar-refractivity contribution in [2.45, 2.75) is 20.8 Å². The monoisotopic (exact) mass is 267 g/mol. The van der Waals surface area contributed by atoms with Gasteiger partial charge in [0.1, 0.15) is 0 Å². The summed E-state index contributed by atoms with van der Waals surface area (Å²) >= 11 is 0. The van der Waals surface area contributed by atoms with Gasteiger partial charge in [-0.2, -0.15) is 5.10 Å². The largest absolute Gasteiger partial charge is 0.264 e.